The molecule has 7 heteroatoms. The van der Waals surface area contributed by atoms with Gasteiger partial charge in [-0.2, -0.15) is 0 Å². The molecule has 4 aromatic rings. The summed E-state index contributed by atoms with van der Waals surface area (Å²) in [5.41, 5.74) is 3.08. The van der Waals surface area contributed by atoms with E-state index in [0.29, 0.717) is 21.9 Å². The summed E-state index contributed by atoms with van der Waals surface area (Å²) in [5, 5.41) is 4.68. The number of benzene rings is 2. The number of aryl methyl sites for hydroxylation is 2. The lowest BCUT2D eigenvalue weighted by Gasteiger charge is -2.15. The number of methoxy groups -OCH3 is 1. The van der Waals surface area contributed by atoms with Crippen LogP contribution in [0.3, 0.4) is 0 Å². The summed E-state index contributed by atoms with van der Waals surface area (Å²) in [4.78, 5) is 27.2. The minimum Gasteiger partial charge on any atom is -0.495 e. The lowest BCUT2D eigenvalue weighted by molar-refractivity contribution is -0.123. The molecule has 0 radical (unpaired) electrons. The maximum atomic E-state index is 12.8. The average Bonchev–Trinajstić information content (AvgIpc) is 3.39. The fourth-order valence-corrected chi connectivity index (χ4v) is 5.25. The van der Waals surface area contributed by atoms with Crippen LogP contribution in [0.5, 0.6) is 5.75 Å². The molecule has 1 aliphatic carbocycles. The molecular formula is C25H23NO5S. The number of esters is 1. The third-order valence-electron chi connectivity index (χ3n) is 5.81. The topological polar surface area (TPSA) is 77.8 Å². The number of nitrogens with one attached hydrogen (secondary N) is 1. The van der Waals surface area contributed by atoms with Crippen molar-refractivity contribution in [2.75, 3.05) is 12.4 Å². The van der Waals surface area contributed by atoms with Gasteiger partial charge in [-0.25, -0.2) is 4.79 Å². The van der Waals surface area contributed by atoms with Crippen LogP contribution in [-0.2, 0) is 22.4 Å². The van der Waals surface area contributed by atoms with Gasteiger partial charge in [0.1, 0.15) is 21.8 Å². The predicted molar refractivity (Wildman–Crippen MR) is 125 cm³/mol. The van der Waals surface area contributed by atoms with E-state index in [1.165, 1.54) is 21.8 Å². The SMILES string of the molecule is COc1cc2c(cc1NC(=O)C(C)OC(=O)c1cc3c(s1)CCCC3)oc1ccccc12. The Hall–Kier alpha value is -3.32. The maximum absolute atomic E-state index is 12.8. The van der Waals surface area contributed by atoms with E-state index in [1.807, 2.05) is 36.4 Å². The molecule has 1 aliphatic rings. The lowest BCUT2D eigenvalue weighted by atomic mass is 9.99. The van der Waals surface area contributed by atoms with Crippen LogP contribution < -0.4 is 10.1 Å². The van der Waals surface area contributed by atoms with Gasteiger partial charge in [0.15, 0.2) is 6.10 Å². The van der Waals surface area contributed by atoms with Crippen molar-refractivity contribution >= 4 is 50.8 Å². The number of fused-ring (bicyclic) bond motifs is 4. The second kappa shape index (κ2) is 8.31. The molecule has 2 heterocycles. The summed E-state index contributed by atoms with van der Waals surface area (Å²) >= 11 is 1.47. The molecule has 0 spiro atoms. The van der Waals surface area contributed by atoms with Crippen LogP contribution in [0.25, 0.3) is 21.9 Å². The Labute approximate surface area is 189 Å². The molecule has 0 saturated carbocycles. The van der Waals surface area contributed by atoms with E-state index in [0.717, 1.165) is 42.0 Å². The van der Waals surface area contributed by atoms with Gasteiger partial charge < -0.3 is 19.2 Å². The van der Waals surface area contributed by atoms with Crippen molar-refractivity contribution in [3.8, 4) is 5.75 Å². The van der Waals surface area contributed by atoms with Crippen molar-refractivity contribution < 1.29 is 23.5 Å². The van der Waals surface area contributed by atoms with Gasteiger partial charge in [0, 0.05) is 21.7 Å². The minimum absolute atomic E-state index is 0.437. The summed E-state index contributed by atoms with van der Waals surface area (Å²) < 4.78 is 16.8. The Kier molecular flexibility index (Phi) is 5.35. The summed E-state index contributed by atoms with van der Waals surface area (Å²) in [6.07, 6.45) is 3.34. The van der Waals surface area contributed by atoms with Crippen LogP contribution in [0.4, 0.5) is 5.69 Å². The highest BCUT2D eigenvalue weighted by molar-refractivity contribution is 7.14. The third kappa shape index (κ3) is 3.73. The Bertz CT molecular complexity index is 1310. The first-order chi connectivity index (χ1) is 15.5. The van der Waals surface area contributed by atoms with Gasteiger partial charge in [-0.05, 0) is 56.4 Å². The fourth-order valence-electron chi connectivity index (χ4n) is 4.12. The minimum atomic E-state index is -0.960. The fraction of sp³-hybridized carbons (Fsp3) is 0.280. The van der Waals surface area contributed by atoms with E-state index in [2.05, 4.69) is 5.32 Å². The molecule has 0 fully saturated rings. The van der Waals surface area contributed by atoms with E-state index in [1.54, 1.807) is 20.1 Å². The number of hydrogen-bond donors (Lipinski definition) is 1. The molecule has 1 amide bonds. The molecule has 0 bridgehead atoms. The molecule has 1 atom stereocenters. The summed E-state index contributed by atoms with van der Waals surface area (Å²) in [6.45, 7) is 1.56. The summed E-state index contributed by atoms with van der Waals surface area (Å²) in [6, 6.07) is 13.2. The van der Waals surface area contributed by atoms with Crippen molar-refractivity contribution in [2.45, 2.75) is 38.7 Å². The highest BCUT2D eigenvalue weighted by Gasteiger charge is 2.24. The second-order valence-electron chi connectivity index (χ2n) is 7.95. The first-order valence-corrected chi connectivity index (χ1v) is 11.5. The first-order valence-electron chi connectivity index (χ1n) is 10.7. The first kappa shape index (κ1) is 20.6. The van der Waals surface area contributed by atoms with E-state index in [-0.39, 0.29) is 0 Å². The summed E-state index contributed by atoms with van der Waals surface area (Å²) in [7, 11) is 1.54. The number of furan rings is 1. The number of rotatable bonds is 5. The highest BCUT2D eigenvalue weighted by Crippen LogP contribution is 2.36. The van der Waals surface area contributed by atoms with Crippen LogP contribution in [0.15, 0.2) is 46.9 Å². The van der Waals surface area contributed by atoms with Crippen molar-refractivity contribution in [1.29, 1.82) is 0 Å². The van der Waals surface area contributed by atoms with Crippen LogP contribution in [0.1, 0.15) is 39.9 Å². The molecule has 0 aliphatic heterocycles. The van der Waals surface area contributed by atoms with E-state index >= 15 is 0 Å². The van der Waals surface area contributed by atoms with Crippen LogP contribution >= 0.6 is 11.3 Å². The molecule has 6 nitrogen and oxygen atoms in total. The Balaban J connectivity index is 1.33. The number of para-hydroxylation sites is 1. The standard InChI is InChI=1S/C25H23NO5S/c1-14(30-25(28)23-11-15-7-3-6-10-22(15)32-23)24(27)26-18-13-20-17(12-21(18)29-2)16-8-4-5-9-19(16)31-20/h4-5,8-9,11-14H,3,6-7,10H2,1-2H3,(H,26,27). The van der Waals surface area contributed by atoms with Gasteiger partial charge in [0.25, 0.3) is 5.91 Å². The quantitative estimate of drug-likeness (QED) is 0.394. The van der Waals surface area contributed by atoms with E-state index < -0.39 is 18.0 Å². The lowest BCUT2D eigenvalue weighted by Crippen LogP contribution is -2.30. The van der Waals surface area contributed by atoms with Crippen LogP contribution in [0, 0.1) is 0 Å². The van der Waals surface area contributed by atoms with Crippen molar-refractivity contribution in [3.63, 3.8) is 0 Å². The van der Waals surface area contributed by atoms with Crippen molar-refractivity contribution in [3.05, 3.63) is 57.8 Å². The monoisotopic (exact) mass is 449 g/mol. The normalized spacial score (nSPS) is 14.2. The van der Waals surface area contributed by atoms with Gasteiger partial charge in [0.05, 0.1) is 12.8 Å². The smallest absolute Gasteiger partial charge is 0.349 e. The summed E-state index contributed by atoms with van der Waals surface area (Å²) in [5.74, 6) is -0.401. The van der Waals surface area contributed by atoms with Gasteiger partial charge in [-0.3, -0.25) is 4.79 Å². The number of carbonyl (C=O) groups is 2. The van der Waals surface area contributed by atoms with Gasteiger partial charge in [0.2, 0.25) is 0 Å². The zero-order chi connectivity index (χ0) is 22.2. The molecule has 32 heavy (non-hydrogen) atoms. The van der Waals surface area contributed by atoms with Crippen LogP contribution in [-0.4, -0.2) is 25.1 Å². The molecule has 0 saturated heterocycles. The number of carbonyl (C=O) groups excluding carboxylic acids is 2. The predicted octanol–water partition coefficient (Wildman–Crippen LogP) is 5.72. The highest BCUT2D eigenvalue weighted by atomic mass is 32.1. The van der Waals surface area contributed by atoms with E-state index in [9.17, 15) is 9.59 Å². The second-order valence-corrected chi connectivity index (χ2v) is 9.09. The van der Waals surface area contributed by atoms with E-state index in [4.69, 9.17) is 13.9 Å². The number of ether oxygens (including phenoxy) is 2. The van der Waals surface area contributed by atoms with Gasteiger partial charge in [-0.1, -0.05) is 18.2 Å². The van der Waals surface area contributed by atoms with Crippen molar-refractivity contribution in [1.82, 2.24) is 0 Å². The molecule has 2 aromatic carbocycles. The molecule has 5 rings (SSSR count). The number of hydrogen-bond acceptors (Lipinski definition) is 6. The van der Waals surface area contributed by atoms with Gasteiger partial charge >= 0.3 is 5.97 Å². The molecule has 164 valence electrons. The zero-order valence-corrected chi connectivity index (χ0v) is 18.7. The third-order valence-corrected chi connectivity index (χ3v) is 7.02. The average molecular weight is 450 g/mol. The van der Waals surface area contributed by atoms with Crippen molar-refractivity contribution in [2.24, 2.45) is 0 Å². The Morgan fingerprint density at radius 2 is 1.88 bits per heavy atom. The number of thiophene rings is 1. The number of amides is 1. The zero-order valence-electron chi connectivity index (χ0n) is 17.9. The Morgan fingerprint density at radius 1 is 1.06 bits per heavy atom. The molecule has 1 N–H and O–H groups in total. The maximum Gasteiger partial charge on any atom is 0.349 e. The molecular weight excluding hydrogens is 426 g/mol. The van der Waals surface area contributed by atoms with Crippen LogP contribution in [0.2, 0.25) is 0 Å². The van der Waals surface area contributed by atoms with Gasteiger partial charge in [-0.15, -0.1) is 11.3 Å². The Morgan fingerprint density at radius 3 is 2.69 bits per heavy atom. The molecule has 2 aromatic heterocycles. The number of anilines is 1. The molecule has 1 unspecified atom stereocenters. The largest absolute Gasteiger partial charge is 0.495 e.